The van der Waals surface area contributed by atoms with Crippen molar-refractivity contribution < 1.29 is 18.3 Å². The molecule has 0 spiro atoms. The van der Waals surface area contributed by atoms with Gasteiger partial charge in [0.05, 0.1) is 28.0 Å². The number of hydrogen-bond acceptors (Lipinski definition) is 4. The number of sulfonamides is 1. The Hall–Kier alpha value is -1.14. The number of halogens is 2. The number of benzene rings is 1. The molecule has 0 bridgehead atoms. The van der Waals surface area contributed by atoms with Gasteiger partial charge in [0.15, 0.2) is 0 Å². The van der Waals surface area contributed by atoms with Crippen molar-refractivity contribution in [2.75, 3.05) is 0 Å². The molecule has 2 N–H and O–H groups in total. The van der Waals surface area contributed by atoms with Gasteiger partial charge in [-0.05, 0) is 34.5 Å². The lowest BCUT2D eigenvalue weighted by atomic mass is 10.2. The highest BCUT2D eigenvalue weighted by atomic mass is 79.9. The zero-order valence-electron chi connectivity index (χ0n) is 10.9. The van der Waals surface area contributed by atoms with E-state index in [1.54, 1.807) is 6.92 Å². The van der Waals surface area contributed by atoms with Crippen LogP contribution in [0.25, 0.3) is 0 Å². The van der Waals surface area contributed by atoms with Crippen LogP contribution in [0.3, 0.4) is 0 Å². The zero-order chi connectivity index (χ0) is 16.2. The Balaban J connectivity index is 3.26. The average molecular weight is 396 g/mol. The first kappa shape index (κ1) is 17.9. The third kappa shape index (κ3) is 4.41. The molecule has 0 aliphatic heterocycles. The molecular formula is C12H12BrClN2O4S. The maximum atomic E-state index is 12.2. The van der Waals surface area contributed by atoms with Crippen LogP contribution in [-0.2, 0) is 10.0 Å². The number of nitriles is 1. The van der Waals surface area contributed by atoms with Gasteiger partial charge in [-0.1, -0.05) is 18.5 Å². The van der Waals surface area contributed by atoms with E-state index in [9.17, 15) is 13.2 Å². The maximum absolute atomic E-state index is 12.2. The van der Waals surface area contributed by atoms with Crippen molar-refractivity contribution in [2.45, 2.75) is 30.7 Å². The van der Waals surface area contributed by atoms with E-state index in [1.807, 2.05) is 6.07 Å². The van der Waals surface area contributed by atoms with Gasteiger partial charge in [-0.15, -0.1) is 0 Å². The third-order valence-corrected chi connectivity index (χ3v) is 5.46. The molecule has 0 fully saturated rings. The minimum atomic E-state index is -3.94. The minimum absolute atomic E-state index is 0.0241. The molecule has 0 amide bonds. The third-order valence-electron chi connectivity index (χ3n) is 2.69. The number of nitrogens with one attached hydrogen (secondary N) is 1. The lowest BCUT2D eigenvalue weighted by molar-refractivity contribution is 0.0696. The Morgan fingerprint density at radius 1 is 1.57 bits per heavy atom. The highest BCUT2D eigenvalue weighted by molar-refractivity contribution is 9.10. The summed E-state index contributed by atoms with van der Waals surface area (Å²) in [6.07, 6.45) is 0.462. The summed E-state index contributed by atoms with van der Waals surface area (Å²) >= 11 is 8.84. The molecule has 0 heterocycles. The molecule has 1 atom stereocenters. The van der Waals surface area contributed by atoms with Gasteiger partial charge in [0.2, 0.25) is 10.0 Å². The van der Waals surface area contributed by atoms with Crippen molar-refractivity contribution in [3.8, 4) is 6.07 Å². The van der Waals surface area contributed by atoms with E-state index in [4.69, 9.17) is 22.0 Å². The van der Waals surface area contributed by atoms with Crippen LogP contribution >= 0.6 is 27.5 Å². The predicted molar refractivity (Wildman–Crippen MR) is 80.7 cm³/mol. The van der Waals surface area contributed by atoms with E-state index >= 15 is 0 Å². The first-order valence-corrected chi connectivity index (χ1v) is 8.50. The Morgan fingerprint density at radius 2 is 2.19 bits per heavy atom. The summed E-state index contributed by atoms with van der Waals surface area (Å²) in [4.78, 5) is 10.8. The number of rotatable bonds is 6. The van der Waals surface area contributed by atoms with E-state index in [1.165, 1.54) is 6.07 Å². The number of nitrogens with zero attached hydrogens (tertiary/aromatic N) is 1. The summed E-state index contributed by atoms with van der Waals surface area (Å²) in [5, 5.41) is 17.6. The second kappa shape index (κ2) is 7.22. The number of hydrogen-bond donors (Lipinski definition) is 2. The van der Waals surface area contributed by atoms with Crippen molar-refractivity contribution in [1.82, 2.24) is 4.72 Å². The zero-order valence-corrected chi connectivity index (χ0v) is 14.1. The Morgan fingerprint density at radius 3 is 2.67 bits per heavy atom. The first-order chi connectivity index (χ1) is 9.72. The molecule has 1 aromatic rings. The van der Waals surface area contributed by atoms with E-state index in [-0.39, 0.29) is 26.4 Å². The molecule has 6 nitrogen and oxygen atoms in total. The van der Waals surface area contributed by atoms with E-state index in [2.05, 4.69) is 20.7 Å². The maximum Gasteiger partial charge on any atom is 0.337 e. The molecular weight excluding hydrogens is 384 g/mol. The minimum Gasteiger partial charge on any atom is -0.478 e. The Labute approximate surface area is 135 Å². The van der Waals surface area contributed by atoms with Gasteiger partial charge in [-0.25, -0.2) is 17.9 Å². The number of carboxylic acid groups (broad SMARTS) is 1. The Bertz CT molecular complexity index is 700. The molecule has 21 heavy (non-hydrogen) atoms. The van der Waals surface area contributed by atoms with Crippen LogP contribution in [0.1, 0.15) is 30.1 Å². The lowest BCUT2D eigenvalue weighted by Gasteiger charge is -2.15. The molecule has 0 aromatic heterocycles. The monoisotopic (exact) mass is 394 g/mol. The van der Waals surface area contributed by atoms with Crippen molar-refractivity contribution in [1.29, 1.82) is 5.26 Å². The van der Waals surface area contributed by atoms with Crippen molar-refractivity contribution >= 4 is 43.5 Å². The van der Waals surface area contributed by atoms with Crippen molar-refractivity contribution in [3.63, 3.8) is 0 Å². The Kier molecular flexibility index (Phi) is 6.16. The lowest BCUT2D eigenvalue weighted by Crippen LogP contribution is -2.34. The van der Waals surface area contributed by atoms with E-state index in [0.29, 0.717) is 6.42 Å². The van der Waals surface area contributed by atoms with Crippen LogP contribution in [-0.4, -0.2) is 25.5 Å². The predicted octanol–water partition coefficient (Wildman–Crippen LogP) is 2.77. The van der Waals surface area contributed by atoms with Gasteiger partial charge in [0.25, 0.3) is 0 Å². The van der Waals surface area contributed by atoms with E-state index in [0.717, 1.165) is 6.07 Å². The normalized spacial score (nSPS) is 12.7. The summed E-state index contributed by atoms with van der Waals surface area (Å²) in [5.41, 5.74) is -0.320. The molecule has 0 aliphatic rings. The van der Waals surface area contributed by atoms with Gasteiger partial charge in [0, 0.05) is 10.5 Å². The fourth-order valence-corrected chi connectivity index (χ4v) is 3.71. The van der Waals surface area contributed by atoms with Crippen molar-refractivity contribution in [3.05, 3.63) is 27.2 Å². The smallest absolute Gasteiger partial charge is 0.337 e. The number of carboxylic acids is 1. The largest absolute Gasteiger partial charge is 0.478 e. The quantitative estimate of drug-likeness (QED) is 0.770. The molecule has 0 saturated heterocycles. The molecule has 1 rings (SSSR count). The fourth-order valence-electron chi connectivity index (χ4n) is 1.54. The summed E-state index contributed by atoms with van der Waals surface area (Å²) < 4.78 is 27.0. The number of carbonyl (C=O) groups is 1. The van der Waals surface area contributed by atoms with Gasteiger partial charge in [-0.2, -0.15) is 5.26 Å². The summed E-state index contributed by atoms with van der Waals surface area (Å²) in [5.74, 6) is -1.33. The van der Waals surface area contributed by atoms with E-state index < -0.39 is 22.0 Å². The molecule has 9 heteroatoms. The summed E-state index contributed by atoms with van der Waals surface area (Å²) in [6, 6.07) is 3.55. The molecule has 1 aromatic carbocycles. The SMILES string of the molecule is CCC(CC#N)NS(=O)(=O)c1cc(Br)c(Cl)c(C(=O)O)c1. The first-order valence-electron chi connectivity index (χ1n) is 5.84. The molecule has 0 saturated carbocycles. The average Bonchev–Trinajstić information content (AvgIpc) is 2.40. The second-order valence-corrected chi connectivity index (χ2v) is 7.11. The van der Waals surface area contributed by atoms with Crippen LogP contribution in [0.4, 0.5) is 0 Å². The van der Waals surface area contributed by atoms with Gasteiger partial charge >= 0.3 is 5.97 Å². The molecule has 0 aliphatic carbocycles. The van der Waals surface area contributed by atoms with Crippen molar-refractivity contribution in [2.24, 2.45) is 0 Å². The highest BCUT2D eigenvalue weighted by Crippen LogP contribution is 2.30. The summed E-state index contributed by atoms with van der Waals surface area (Å²) in [6.45, 7) is 1.74. The standard InChI is InChI=1S/C12H12BrClN2O4S/c1-2-7(3-4-15)16-21(19,20)8-5-9(12(17)18)11(14)10(13)6-8/h5-7,16H,2-3H2,1H3,(H,17,18). The second-order valence-electron chi connectivity index (χ2n) is 4.16. The molecule has 0 radical (unpaired) electrons. The number of aromatic carboxylic acids is 1. The van der Waals surface area contributed by atoms with Crippen LogP contribution < -0.4 is 4.72 Å². The summed E-state index contributed by atoms with van der Waals surface area (Å²) in [7, 11) is -3.94. The van der Waals surface area contributed by atoms with Crippen LogP contribution in [0.15, 0.2) is 21.5 Å². The molecule has 1 unspecified atom stereocenters. The van der Waals surface area contributed by atoms with Crippen LogP contribution in [0.2, 0.25) is 5.02 Å². The topological polar surface area (TPSA) is 107 Å². The van der Waals surface area contributed by atoms with Gasteiger partial charge < -0.3 is 5.11 Å². The molecule has 114 valence electrons. The highest BCUT2D eigenvalue weighted by Gasteiger charge is 2.23. The van der Waals surface area contributed by atoms with Gasteiger partial charge in [0.1, 0.15) is 0 Å². The van der Waals surface area contributed by atoms with Crippen LogP contribution in [0, 0.1) is 11.3 Å². The van der Waals surface area contributed by atoms with Crippen LogP contribution in [0.5, 0.6) is 0 Å². The fraction of sp³-hybridized carbons (Fsp3) is 0.333. The van der Waals surface area contributed by atoms with Gasteiger partial charge in [-0.3, -0.25) is 0 Å².